The molecule has 0 radical (unpaired) electrons. The van der Waals surface area contributed by atoms with Gasteiger partial charge in [0.05, 0.1) is 25.9 Å². The molecule has 22 heavy (non-hydrogen) atoms. The van der Waals surface area contributed by atoms with Crippen molar-refractivity contribution in [3.63, 3.8) is 0 Å². The van der Waals surface area contributed by atoms with Crippen molar-refractivity contribution >= 4 is 0 Å². The summed E-state index contributed by atoms with van der Waals surface area (Å²) in [5.41, 5.74) is 0.0613. The number of fused-ring (bicyclic) bond motifs is 2. The van der Waals surface area contributed by atoms with Gasteiger partial charge in [-0.15, -0.1) is 0 Å². The third kappa shape index (κ3) is 3.52. The van der Waals surface area contributed by atoms with Crippen LogP contribution in [0, 0.1) is 23.2 Å². The fraction of sp³-hybridized carbons (Fsp3) is 1.00. The topological polar surface area (TPSA) is 27.7 Å². The molecule has 0 aromatic carbocycles. The van der Waals surface area contributed by atoms with Gasteiger partial charge < -0.3 is 14.2 Å². The van der Waals surface area contributed by atoms with E-state index < -0.39 is 0 Å². The van der Waals surface area contributed by atoms with Crippen LogP contribution in [0.4, 0.5) is 0 Å². The lowest BCUT2D eigenvalue weighted by atomic mass is 9.69. The molecule has 3 nitrogen and oxygen atoms in total. The van der Waals surface area contributed by atoms with Crippen LogP contribution in [0.5, 0.6) is 0 Å². The summed E-state index contributed by atoms with van der Waals surface area (Å²) in [5, 5.41) is 0. The molecule has 3 fully saturated rings. The van der Waals surface area contributed by atoms with Gasteiger partial charge in [-0.3, -0.25) is 0 Å². The zero-order valence-electron chi connectivity index (χ0n) is 14.5. The Hall–Kier alpha value is -0.120. The first-order chi connectivity index (χ1) is 10.8. The van der Waals surface area contributed by atoms with Crippen LogP contribution in [0.15, 0.2) is 0 Å². The van der Waals surface area contributed by atoms with E-state index in [0.717, 1.165) is 31.7 Å². The van der Waals surface area contributed by atoms with Crippen molar-refractivity contribution < 1.29 is 14.2 Å². The fourth-order valence-corrected chi connectivity index (χ4v) is 5.43. The number of ether oxygens (including phenoxy) is 3. The maximum absolute atomic E-state index is 6.50. The van der Waals surface area contributed by atoms with Crippen LogP contribution in [0.25, 0.3) is 0 Å². The molecule has 3 atom stereocenters. The van der Waals surface area contributed by atoms with Crippen molar-refractivity contribution in [3.8, 4) is 0 Å². The zero-order chi connectivity index (χ0) is 15.4. The Balaban J connectivity index is 1.63. The van der Waals surface area contributed by atoms with E-state index in [-0.39, 0.29) is 5.41 Å². The van der Waals surface area contributed by atoms with E-state index in [2.05, 4.69) is 0 Å². The Bertz CT molecular complexity index is 332. The lowest BCUT2D eigenvalue weighted by Crippen LogP contribution is -2.45. The van der Waals surface area contributed by atoms with Gasteiger partial charge in [-0.05, 0) is 56.3 Å². The second-order valence-electron chi connectivity index (χ2n) is 8.09. The predicted octanol–water partition coefficient (Wildman–Crippen LogP) is 4.05. The average Bonchev–Trinajstić information content (AvgIpc) is 3.17. The van der Waals surface area contributed by atoms with Gasteiger partial charge in [0.25, 0.3) is 0 Å². The zero-order valence-corrected chi connectivity index (χ0v) is 14.5. The molecule has 3 heteroatoms. The molecule has 128 valence electrons. The van der Waals surface area contributed by atoms with Crippen LogP contribution < -0.4 is 0 Å². The van der Waals surface area contributed by atoms with Crippen molar-refractivity contribution in [2.24, 2.45) is 23.2 Å². The highest BCUT2D eigenvalue weighted by Gasteiger charge is 2.44. The Morgan fingerprint density at radius 1 is 0.818 bits per heavy atom. The summed E-state index contributed by atoms with van der Waals surface area (Å²) in [4.78, 5) is 0. The van der Waals surface area contributed by atoms with E-state index in [1.165, 1.54) is 57.8 Å². The van der Waals surface area contributed by atoms with Gasteiger partial charge >= 0.3 is 0 Å². The Kier molecular flexibility index (Phi) is 5.80. The molecule has 0 aromatic heterocycles. The highest BCUT2D eigenvalue weighted by molar-refractivity contribution is 4.93. The Labute approximate surface area is 136 Å². The van der Waals surface area contributed by atoms with Gasteiger partial charge in [-0.2, -0.15) is 0 Å². The van der Waals surface area contributed by atoms with Gasteiger partial charge in [0.2, 0.25) is 0 Å². The molecule has 0 heterocycles. The second-order valence-corrected chi connectivity index (χ2v) is 8.09. The average molecular weight is 310 g/mol. The van der Waals surface area contributed by atoms with Gasteiger partial charge in [-0.1, -0.05) is 19.3 Å². The standard InChI is InChI=1S/C19H34O3/c1-20-12-19(13-21-2,17-6-4-3-5-7-17)14-22-18-11-15-8-9-16(18)10-15/h15-18H,3-14H2,1-2H3. The van der Waals surface area contributed by atoms with E-state index in [4.69, 9.17) is 14.2 Å². The first-order valence-corrected chi connectivity index (χ1v) is 9.37. The third-order valence-electron chi connectivity index (χ3n) is 6.59. The Morgan fingerprint density at radius 2 is 1.55 bits per heavy atom. The molecule has 0 aromatic rings. The number of hydrogen-bond donors (Lipinski definition) is 0. The van der Waals surface area contributed by atoms with E-state index >= 15 is 0 Å². The van der Waals surface area contributed by atoms with Crippen molar-refractivity contribution in [3.05, 3.63) is 0 Å². The first-order valence-electron chi connectivity index (χ1n) is 9.37. The third-order valence-corrected chi connectivity index (χ3v) is 6.59. The smallest absolute Gasteiger partial charge is 0.0606 e. The van der Waals surface area contributed by atoms with E-state index in [1.54, 1.807) is 0 Å². The highest BCUT2D eigenvalue weighted by atomic mass is 16.5. The minimum Gasteiger partial charge on any atom is -0.384 e. The van der Waals surface area contributed by atoms with E-state index in [1.807, 2.05) is 14.2 Å². The van der Waals surface area contributed by atoms with Crippen LogP contribution >= 0.6 is 0 Å². The minimum absolute atomic E-state index is 0.0613. The lowest BCUT2D eigenvalue weighted by Gasteiger charge is -2.42. The molecule has 3 rings (SSSR count). The molecule has 0 amide bonds. The van der Waals surface area contributed by atoms with Crippen molar-refractivity contribution in [1.29, 1.82) is 0 Å². The lowest BCUT2D eigenvalue weighted by molar-refractivity contribution is -0.116. The molecule has 2 bridgehead atoms. The molecular weight excluding hydrogens is 276 g/mol. The van der Waals surface area contributed by atoms with Crippen LogP contribution in [-0.2, 0) is 14.2 Å². The van der Waals surface area contributed by atoms with Crippen molar-refractivity contribution in [1.82, 2.24) is 0 Å². The van der Waals surface area contributed by atoms with Gasteiger partial charge in [0.1, 0.15) is 0 Å². The molecule has 0 saturated heterocycles. The first kappa shape index (κ1) is 16.7. The van der Waals surface area contributed by atoms with Crippen molar-refractivity contribution in [2.75, 3.05) is 34.0 Å². The molecule has 3 saturated carbocycles. The summed E-state index contributed by atoms with van der Waals surface area (Å²) in [5.74, 6) is 2.47. The van der Waals surface area contributed by atoms with E-state index in [0.29, 0.717) is 12.0 Å². The maximum atomic E-state index is 6.50. The maximum Gasteiger partial charge on any atom is 0.0606 e. The minimum atomic E-state index is 0.0613. The summed E-state index contributed by atoms with van der Waals surface area (Å²) in [6.45, 7) is 2.37. The van der Waals surface area contributed by atoms with E-state index in [9.17, 15) is 0 Å². The summed E-state index contributed by atoms with van der Waals surface area (Å²) >= 11 is 0. The van der Waals surface area contributed by atoms with Crippen molar-refractivity contribution in [2.45, 2.75) is 63.9 Å². The molecule has 0 aliphatic heterocycles. The Morgan fingerprint density at radius 3 is 2.09 bits per heavy atom. The summed E-state index contributed by atoms with van der Waals surface area (Å²) in [6.07, 6.45) is 12.8. The largest absolute Gasteiger partial charge is 0.384 e. The molecular formula is C19H34O3. The SMILES string of the molecule is COCC(COC)(COC1CC2CCC1C2)C1CCCCC1. The predicted molar refractivity (Wildman–Crippen MR) is 87.9 cm³/mol. The van der Waals surface area contributed by atoms with Gasteiger partial charge in [0.15, 0.2) is 0 Å². The van der Waals surface area contributed by atoms with Gasteiger partial charge in [0, 0.05) is 19.6 Å². The normalized spacial score (nSPS) is 32.7. The second kappa shape index (κ2) is 7.63. The molecule has 3 unspecified atom stereocenters. The molecule has 3 aliphatic carbocycles. The highest BCUT2D eigenvalue weighted by Crippen LogP contribution is 2.47. The quantitative estimate of drug-likeness (QED) is 0.677. The van der Waals surface area contributed by atoms with Crippen LogP contribution in [0.3, 0.4) is 0 Å². The molecule has 3 aliphatic rings. The van der Waals surface area contributed by atoms with Crippen LogP contribution in [-0.4, -0.2) is 40.1 Å². The number of hydrogen-bond acceptors (Lipinski definition) is 3. The van der Waals surface area contributed by atoms with Crippen LogP contribution in [0.2, 0.25) is 0 Å². The summed E-state index contributed by atoms with van der Waals surface area (Å²) < 4.78 is 17.8. The molecule has 0 spiro atoms. The fourth-order valence-electron chi connectivity index (χ4n) is 5.43. The number of rotatable bonds is 8. The molecule has 0 N–H and O–H groups in total. The van der Waals surface area contributed by atoms with Crippen LogP contribution in [0.1, 0.15) is 57.8 Å². The summed E-state index contributed by atoms with van der Waals surface area (Å²) in [6, 6.07) is 0. The summed E-state index contributed by atoms with van der Waals surface area (Å²) in [7, 11) is 3.65. The van der Waals surface area contributed by atoms with Gasteiger partial charge in [-0.25, -0.2) is 0 Å². The number of methoxy groups -OCH3 is 2. The monoisotopic (exact) mass is 310 g/mol.